The van der Waals surface area contributed by atoms with E-state index in [0.717, 1.165) is 10.6 Å². The van der Waals surface area contributed by atoms with Crippen molar-refractivity contribution in [3.63, 3.8) is 0 Å². The molecule has 0 saturated carbocycles. The molecule has 0 aromatic carbocycles. The molecule has 1 unspecified atom stereocenters. The fourth-order valence-electron chi connectivity index (χ4n) is 1.48. The number of aryl methyl sites for hydroxylation is 1. The van der Waals surface area contributed by atoms with Crippen LogP contribution >= 0.6 is 11.3 Å². The first kappa shape index (κ1) is 14.4. The van der Waals surface area contributed by atoms with Gasteiger partial charge < -0.3 is 10.6 Å². The lowest BCUT2D eigenvalue weighted by Crippen LogP contribution is -2.39. The molecule has 0 amide bonds. The number of alkyl halides is 3. The molecule has 98 valence electrons. The Morgan fingerprint density at radius 2 is 2.18 bits per heavy atom. The molecule has 3 nitrogen and oxygen atoms in total. The topological polar surface area (TPSA) is 42.2 Å². The van der Waals surface area contributed by atoms with Crippen molar-refractivity contribution in [2.45, 2.75) is 19.6 Å². The summed E-state index contributed by atoms with van der Waals surface area (Å²) in [4.78, 5) is 6.68. The second-order valence-electron chi connectivity index (χ2n) is 4.03. The number of hydrogen-bond acceptors (Lipinski definition) is 4. The van der Waals surface area contributed by atoms with Crippen LogP contribution in [0.1, 0.15) is 10.6 Å². The standard InChI is InChI=1S/C10H16F3N3S/c1-7-9(17-6-15-7)5-16(2)4-8(3-14)10(11,12)13/h6,8H,3-5,14H2,1-2H3. The highest BCUT2D eigenvalue weighted by molar-refractivity contribution is 7.09. The number of thiazole rings is 1. The minimum atomic E-state index is -4.23. The summed E-state index contributed by atoms with van der Waals surface area (Å²) in [5.74, 6) is -1.47. The molecule has 0 radical (unpaired) electrons. The first-order valence-electron chi connectivity index (χ1n) is 5.19. The lowest BCUT2D eigenvalue weighted by atomic mass is 10.1. The van der Waals surface area contributed by atoms with Crippen molar-refractivity contribution in [2.75, 3.05) is 20.1 Å². The van der Waals surface area contributed by atoms with E-state index in [1.54, 1.807) is 17.5 Å². The van der Waals surface area contributed by atoms with Gasteiger partial charge in [-0.25, -0.2) is 4.98 Å². The van der Waals surface area contributed by atoms with Gasteiger partial charge in [0.25, 0.3) is 0 Å². The fraction of sp³-hybridized carbons (Fsp3) is 0.700. The van der Waals surface area contributed by atoms with Gasteiger partial charge in [-0.2, -0.15) is 13.2 Å². The van der Waals surface area contributed by atoms with Crippen molar-refractivity contribution in [2.24, 2.45) is 11.7 Å². The summed E-state index contributed by atoms with van der Waals surface area (Å²) >= 11 is 1.45. The van der Waals surface area contributed by atoms with Gasteiger partial charge in [-0.15, -0.1) is 11.3 Å². The van der Waals surface area contributed by atoms with Crippen LogP contribution in [-0.4, -0.2) is 36.2 Å². The zero-order valence-electron chi connectivity index (χ0n) is 9.79. The van der Waals surface area contributed by atoms with E-state index in [9.17, 15) is 13.2 Å². The molecule has 0 saturated heterocycles. The molecule has 17 heavy (non-hydrogen) atoms. The Morgan fingerprint density at radius 1 is 1.53 bits per heavy atom. The van der Waals surface area contributed by atoms with Gasteiger partial charge in [0.1, 0.15) is 0 Å². The Balaban J connectivity index is 2.54. The maximum Gasteiger partial charge on any atom is 0.394 e. The third kappa shape index (κ3) is 4.25. The molecule has 0 fully saturated rings. The number of halogens is 3. The van der Waals surface area contributed by atoms with Gasteiger partial charge in [-0.3, -0.25) is 0 Å². The molecule has 0 aliphatic rings. The van der Waals surface area contributed by atoms with E-state index >= 15 is 0 Å². The molecule has 0 aliphatic carbocycles. The molecule has 0 spiro atoms. The quantitative estimate of drug-likeness (QED) is 0.887. The largest absolute Gasteiger partial charge is 0.394 e. The molecule has 7 heteroatoms. The Hall–Kier alpha value is -0.660. The normalized spacial score (nSPS) is 14.3. The summed E-state index contributed by atoms with van der Waals surface area (Å²) in [6.45, 7) is 1.86. The molecular formula is C10H16F3N3S. The Bertz CT molecular complexity index is 351. The second-order valence-corrected chi connectivity index (χ2v) is 4.97. The molecule has 1 aromatic rings. The highest BCUT2D eigenvalue weighted by Gasteiger charge is 2.38. The van der Waals surface area contributed by atoms with Gasteiger partial charge >= 0.3 is 6.18 Å². The van der Waals surface area contributed by atoms with Gasteiger partial charge in [-0.05, 0) is 14.0 Å². The monoisotopic (exact) mass is 267 g/mol. The lowest BCUT2D eigenvalue weighted by molar-refractivity contribution is -0.175. The van der Waals surface area contributed by atoms with E-state index in [1.165, 1.54) is 11.3 Å². The second kappa shape index (κ2) is 5.79. The Labute approximate surface area is 102 Å². The van der Waals surface area contributed by atoms with Crippen LogP contribution in [-0.2, 0) is 6.54 Å². The van der Waals surface area contributed by atoms with Crippen LogP contribution in [0.3, 0.4) is 0 Å². The van der Waals surface area contributed by atoms with Crippen LogP contribution in [0.4, 0.5) is 13.2 Å². The third-order valence-electron chi connectivity index (χ3n) is 2.54. The van der Waals surface area contributed by atoms with Gasteiger partial charge in [0, 0.05) is 24.5 Å². The van der Waals surface area contributed by atoms with E-state index in [-0.39, 0.29) is 13.1 Å². The minimum absolute atomic E-state index is 0.0860. The van der Waals surface area contributed by atoms with Crippen LogP contribution in [0.15, 0.2) is 5.51 Å². The Morgan fingerprint density at radius 3 is 2.59 bits per heavy atom. The van der Waals surface area contributed by atoms with E-state index in [4.69, 9.17) is 5.73 Å². The summed E-state index contributed by atoms with van der Waals surface area (Å²) in [7, 11) is 1.66. The minimum Gasteiger partial charge on any atom is -0.330 e. The van der Waals surface area contributed by atoms with E-state index < -0.39 is 12.1 Å². The van der Waals surface area contributed by atoms with E-state index in [0.29, 0.717) is 6.54 Å². The highest BCUT2D eigenvalue weighted by Crippen LogP contribution is 2.26. The summed E-state index contributed by atoms with van der Waals surface area (Å²) in [6.07, 6.45) is -4.23. The SMILES string of the molecule is Cc1ncsc1CN(C)CC(CN)C(F)(F)F. The summed E-state index contributed by atoms with van der Waals surface area (Å²) in [5, 5.41) is 0. The molecular weight excluding hydrogens is 251 g/mol. The maximum atomic E-state index is 12.5. The van der Waals surface area contributed by atoms with Crippen molar-refractivity contribution >= 4 is 11.3 Å². The van der Waals surface area contributed by atoms with Crippen LogP contribution in [0.5, 0.6) is 0 Å². The predicted molar refractivity (Wildman–Crippen MR) is 61.8 cm³/mol. The lowest BCUT2D eigenvalue weighted by Gasteiger charge is -2.24. The van der Waals surface area contributed by atoms with E-state index in [1.807, 2.05) is 6.92 Å². The molecule has 2 N–H and O–H groups in total. The zero-order valence-corrected chi connectivity index (χ0v) is 10.6. The highest BCUT2D eigenvalue weighted by atomic mass is 32.1. The Kier molecular flexibility index (Phi) is 4.91. The van der Waals surface area contributed by atoms with Crippen LogP contribution in [0, 0.1) is 12.8 Å². The van der Waals surface area contributed by atoms with Crippen molar-refractivity contribution in [3.05, 3.63) is 16.1 Å². The summed E-state index contributed by atoms with van der Waals surface area (Å²) in [6, 6.07) is 0. The molecule has 1 rings (SSSR count). The zero-order chi connectivity index (χ0) is 13.1. The fourth-order valence-corrected chi connectivity index (χ4v) is 2.33. The molecule has 1 heterocycles. The van der Waals surface area contributed by atoms with Crippen LogP contribution < -0.4 is 5.73 Å². The molecule has 1 aromatic heterocycles. The van der Waals surface area contributed by atoms with Crippen molar-refractivity contribution in [1.29, 1.82) is 0 Å². The van der Waals surface area contributed by atoms with Crippen LogP contribution in [0.25, 0.3) is 0 Å². The van der Waals surface area contributed by atoms with E-state index in [2.05, 4.69) is 4.98 Å². The smallest absolute Gasteiger partial charge is 0.330 e. The first-order valence-corrected chi connectivity index (χ1v) is 6.06. The van der Waals surface area contributed by atoms with Crippen molar-refractivity contribution < 1.29 is 13.2 Å². The van der Waals surface area contributed by atoms with Gasteiger partial charge in [-0.1, -0.05) is 0 Å². The van der Waals surface area contributed by atoms with Gasteiger partial charge in [0.2, 0.25) is 0 Å². The third-order valence-corrected chi connectivity index (χ3v) is 3.46. The molecule has 0 aliphatic heterocycles. The van der Waals surface area contributed by atoms with Gasteiger partial charge in [0.15, 0.2) is 0 Å². The maximum absolute atomic E-state index is 12.5. The first-order chi connectivity index (χ1) is 7.84. The van der Waals surface area contributed by atoms with Crippen molar-refractivity contribution in [1.82, 2.24) is 9.88 Å². The van der Waals surface area contributed by atoms with Crippen molar-refractivity contribution in [3.8, 4) is 0 Å². The number of nitrogens with two attached hydrogens (primary N) is 1. The average molecular weight is 267 g/mol. The molecule has 0 bridgehead atoms. The predicted octanol–water partition coefficient (Wildman–Crippen LogP) is 2.02. The number of nitrogens with zero attached hydrogens (tertiary/aromatic N) is 2. The van der Waals surface area contributed by atoms with Crippen LogP contribution in [0.2, 0.25) is 0 Å². The average Bonchev–Trinajstić information content (AvgIpc) is 2.59. The number of aromatic nitrogens is 1. The summed E-state index contributed by atoms with van der Waals surface area (Å²) < 4.78 is 37.6. The molecule has 1 atom stereocenters. The van der Waals surface area contributed by atoms with Gasteiger partial charge in [0.05, 0.1) is 17.1 Å². The summed E-state index contributed by atoms with van der Waals surface area (Å²) in [5.41, 5.74) is 7.72. The number of rotatable bonds is 5. The number of hydrogen-bond donors (Lipinski definition) is 1.